The van der Waals surface area contributed by atoms with Crippen LogP contribution in [0.2, 0.25) is 5.02 Å². The van der Waals surface area contributed by atoms with Crippen molar-refractivity contribution in [2.45, 2.75) is 50.7 Å². The first kappa shape index (κ1) is 27.5. The number of benzene rings is 4. The SMILES string of the molecule is O=C(Oc1ccc(C(=NOCc2ccccc2)OCc2ccccc2)cc1)C1(c2ccc(Cl)cc2)CCCCC1. The molecule has 0 unspecified atom stereocenters. The van der Waals surface area contributed by atoms with E-state index < -0.39 is 5.41 Å². The van der Waals surface area contributed by atoms with Gasteiger partial charge in [0.05, 0.1) is 5.41 Å². The number of carbonyl (C=O) groups excluding carboxylic acids is 1. The summed E-state index contributed by atoms with van der Waals surface area (Å²) in [4.78, 5) is 19.2. The molecule has 1 saturated carbocycles. The molecule has 0 heterocycles. The molecule has 5 nitrogen and oxygen atoms in total. The summed E-state index contributed by atoms with van der Waals surface area (Å²) in [5, 5.41) is 4.95. The Morgan fingerprint density at radius 2 is 1.32 bits per heavy atom. The average Bonchev–Trinajstić information content (AvgIpc) is 3.01. The molecule has 0 aromatic heterocycles. The van der Waals surface area contributed by atoms with E-state index in [9.17, 15) is 4.79 Å². The van der Waals surface area contributed by atoms with Crippen molar-refractivity contribution in [1.29, 1.82) is 0 Å². The Balaban J connectivity index is 1.32. The van der Waals surface area contributed by atoms with Crippen LogP contribution >= 0.6 is 11.6 Å². The van der Waals surface area contributed by atoms with Crippen LogP contribution in [-0.2, 0) is 33.0 Å². The van der Waals surface area contributed by atoms with Crippen molar-refractivity contribution >= 4 is 23.5 Å². The van der Waals surface area contributed by atoms with Crippen LogP contribution in [0.5, 0.6) is 5.75 Å². The van der Waals surface area contributed by atoms with Crippen LogP contribution in [0.15, 0.2) is 114 Å². The quantitative estimate of drug-likeness (QED) is 0.0688. The number of carbonyl (C=O) groups is 1. The van der Waals surface area contributed by atoms with Gasteiger partial charge in [0.15, 0.2) is 0 Å². The molecule has 0 radical (unpaired) electrons. The number of esters is 1. The minimum atomic E-state index is -0.668. The second-order valence-corrected chi connectivity index (χ2v) is 10.4. The normalized spacial score (nSPS) is 14.8. The Bertz CT molecular complexity index is 1400. The Hall–Kier alpha value is -4.09. The Labute approximate surface area is 240 Å². The predicted molar refractivity (Wildman–Crippen MR) is 157 cm³/mol. The first-order valence-corrected chi connectivity index (χ1v) is 14.0. The van der Waals surface area contributed by atoms with Gasteiger partial charge in [-0.05, 0) is 71.1 Å². The van der Waals surface area contributed by atoms with Gasteiger partial charge in [-0.25, -0.2) is 0 Å². The van der Waals surface area contributed by atoms with Crippen LogP contribution in [0.4, 0.5) is 0 Å². The highest BCUT2D eigenvalue weighted by atomic mass is 35.5. The van der Waals surface area contributed by atoms with E-state index in [-0.39, 0.29) is 5.97 Å². The zero-order valence-corrected chi connectivity index (χ0v) is 23.1. The Kier molecular flexibility index (Phi) is 9.15. The summed E-state index contributed by atoms with van der Waals surface area (Å²) in [6.45, 7) is 0.663. The molecule has 4 aromatic carbocycles. The summed E-state index contributed by atoms with van der Waals surface area (Å²) in [6.07, 6.45) is 4.61. The molecule has 0 bridgehead atoms. The maximum atomic E-state index is 13.6. The second-order valence-electron chi connectivity index (χ2n) is 9.99. The van der Waals surface area contributed by atoms with Crippen LogP contribution in [0, 0.1) is 0 Å². The van der Waals surface area contributed by atoms with E-state index in [0.717, 1.165) is 48.8 Å². The maximum Gasteiger partial charge on any atom is 0.321 e. The van der Waals surface area contributed by atoms with Gasteiger partial charge in [0.1, 0.15) is 19.0 Å². The third-order valence-electron chi connectivity index (χ3n) is 7.25. The van der Waals surface area contributed by atoms with Crippen molar-refractivity contribution in [1.82, 2.24) is 0 Å². The lowest BCUT2D eigenvalue weighted by molar-refractivity contribution is -0.142. The highest BCUT2D eigenvalue weighted by Gasteiger charge is 2.42. The summed E-state index contributed by atoms with van der Waals surface area (Å²) >= 11 is 6.12. The molecule has 40 heavy (non-hydrogen) atoms. The van der Waals surface area contributed by atoms with Crippen molar-refractivity contribution in [2.24, 2.45) is 5.16 Å². The van der Waals surface area contributed by atoms with Crippen molar-refractivity contribution < 1.29 is 19.1 Å². The predicted octanol–water partition coefficient (Wildman–Crippen LogP) is 8.24. The van der Waals surface area contributed by atoms with E-state index in [1.54, 1.807) is 12.1 Å². The van der Waals surface area contributed by atoms with Gasteiger partial charge in [-0.15, -0.1) is 0 Å². The highest BCUT2D eigenvalue weighted by Crippen LogP contribution is 2.41. The molecule has 6 heteroatoms. The van der Waals surface area contributed by atoms with E-state index in [1.807, 2.05) is 97.1 Å². The van der Waals surface area contributed by atoms with Gasteiger partial charge >= 0.3 is 5.97 Å². The number of ether oxygens (including phenoxy) is 2. The smallest absolute Gasteiger partial charge is 0.321 e. The minimum absolute atomic E-state index is 0.234. The van der Waals surface area contributed by atoms with Crippen LogP contribution in [0.1, 0.15) is 54.4 Å². The van der Waals surface area contributed by atoms with Crippen molar-refractivity contribution in [3.8, 4) is 5.75 Å². The number of hydrogen-bond donors (Lipinski definition) is 0. The molecular formula is C34H32ClNO4. The van der Waals surface area contributed by atoms with Gasteiger partial charge in [0.25, 0.3) is 5.90 Å². The largest absolute Gasteiger partial charge is 0.470 e. The van der Waals surface area contributed by atoms with Crippen LogP contribution in [0.25, 0.3) is 0 Å². The summed E-state index contributed by atoms with van der Waals surface area (Å²) in [7, 11) is 0. The van der Waals surface area contributed by atoms with Gasteiger partial charge < -0.3 is 14.3 Å². The highest BCUT2D eigenvalue weighted by molar-refractivity contribution is 6.30. The zero-order chi connectivity index (χ0) is 27.6. The van der Waals surface area contributed by atoms with Crippen LogP contribution in [-0.4, -0.2) is 11.9 Å². The van der Waals surface area contributed by atoms with E-state index >= 15 is 0 Å². The fraction of sp³-hybridized carbons (Fsp3) is 0.235. The second kappa shape index (κ2) is 13.3. The lowest BCUT2D eigenvalue weighted by atomic mass is 9.69. The molecule has 0 saturated heterocycles. The standard InChI is InChI=1S/C34H32ClNO4/c35-30-18-16-29(17-19-30)34(22-8-3-9-23-34)33(37)40-31-20-14-28(15-21-31)32(38-24-26-10-4-1-5-11-26)36-39-25-27-12-6-2-7-13-27/h1-2,4-7,10-21H,3,8-9,22-25H2. The lowest BCUT2D eigenvalue weighted by Gasteiger charge is -2.35. The van der Waals surface area contributed by atoms with E-state index in [2.05, 4.69) is 5.16 Å². The van der Waals surface area contributed by atoms with Crippen molar-refractivity contribution in [2.75, 3.05) is 0 Å². The first-order valence-electron chi connectivity index (χ1n) is 13.6. The topological polar surface area (TPSA) is 57.1 Å². The molecule has 0 spiro atoms. The molecule has 0 aliphatic heterocycles. The average molecular weight is 554 g/mol. The van der Waals surface area contributed by atoms with Gasteiger partial charge in [-0.2, -0.15) is 0 Å². The molecule has 204 valence electrons. The van der Waals surface area contributed by atoms with E-state index in [0.29, 0.717) is 35.4 Å². The molecule has 1 aliphatic rings. The maximum absolute atomic E-state index is 13.6. The third-order valence-corrected chi connectivity index (χ3v) is 7.50. The van der Waals surface area contributed by atoms with Crippen molar-refractivity contribution in [3.05, 3.63) is 136 Å². The molecule has 5 rings (SSSR count). The number of nitrogens with zero attached hydrogens (tertiary/aromatic N) is 1. The fourth-order valence-corrected chi connectivity index (χ4v) is 5.16. The Morgan fingerprint density at radius 1 is 0.725 bits per heavy atom. The summed E-state index contributed by atoms with van der Waals surface area (Å²) < 4.78 is 12.0. The molecule has 0 atom stereocenters. The lowest BCUT2D eigenvalue weighted by Crippen LogP contribution is -2.41. The van der Waals surface area contributed by atoms with E-state index in [4.69, 9.17) is 25.9 Å². The summed E-state index contributed by atoms with van der Waals surface area (Å²) in [5.74, 6) is 0.588. The van der Waals surface area contributed by atoms with E-state index in [1.165, 1.54) is 0 Å². The molecule has 0 amide bonds. The first-order chi connectivity index (χ1) is 19.6. The molecule has 0 N–H and O–H groups in total. The number of rotatable bonds is 9. The Morgan fingerprint density at radius 3 is 1.95 bits per heavy atom. The monoisotopic (exact) mass is 553 g/mol. The number of oxime groups is 1. The zero-order valence-electron chi connectivity index (χ0n) is 22.3. The van der Waals surface area contributed by atoms with Gasteiger partial charge in [-0.1, -0.05) is 104 Å². The number of hydrogen-bond acceptors (Lipinski definition) is 5. The van der Waals surface area contributed by atoms with Crippen molar-refractivity contribution in [3.63, 3.8) is 0 Å². The van der Waals surface area contributed by atoms with Crippen LogP contribution < -0.4 is 4.74 Å². The van der Waals surface area contributed by atoms with Gasteiger partial charge in [-0.3, -0.25) is 4.79 Å². The van der Waals surface area contributed by atoms with Crippen LogP contribution in [0.3, 0.4) is 0 Å². The molecular weight excluding hydrogens is 522 g/mol. The minimum Gasteiger partial charge on any atom is -0.470 e. The molecule has 4 aromatic rings. The number of halogens is 1. The molecule has 1 aliphatic carbocycles. The van der Waals surface area contributed by atoms with Gasteiger partial charge in [0, 0.05) is 10.6 Å². The summed E-state index contributed by atoms with van der Waals surface area (Å²) in [6, 6.07) is 34.5. The van der Waals surface area contributed by atoms with Gasteiger partial charge in [0.2, 0.25) is 0 Å². The fourth-order valence-electron chi connectivity index (χ4n) is 5.03. The summed E-state index contributed by atoms with van der Waals surface area (Å²) in [5.41, 5.74) is 3.03. The third kappa shape index (κ3) is 6.91. The molecule has 1 fully saturated rings.